The van der Waals surface area contributed by atoms with Crippen molar-refractivity contribution in [3.05, 3.63) is 57.3 Å². The molecule has 3 aliphatic rings. The van der Waals surface area contributed by atoms with Crippen LogP contribution in [0, 0.1) is 5.92 Å². The maximum Gasteiger partial charge on any atom is 0.254 e. The minimum absolute atomic E-state index is 0.0288. The van der Waals surface area contributed by atoms with Gasteiger partial charge in [0.15, 0.2) is 0 Å². The minimum atomic E-state index is -0.0288. The molecule has 0 unspecified atom stereocenters. The third-order valence-corrected chi connectivity index (χ3v) is 7.10. The number of aromatic nitrogens is 2. The first-order valence-electron chi connectivity index (χ1n) is 11.4. The molecule has 7 heteroatoms. The van der Waals surface area contributed by atoms with Gasteiger partial charge in [-0.05, 0) is 38.3 Å². The first kappa shape index (κ1) is 20.2. The van der Waals surface area contributed by atoms with Gasteiger partial charge in [-0.2, -0.15) is 0 Å². The number of amides is 1. The highest BCUT2D eigenvalue weighted by atomic mass is 16.5. The fourth-order valence-electron chi connectivity index (χ4n) is 5.03. The monoisotopic (exact) mass is 422 g/mol. The summed E-state index contributed by atoms with van der Waals surface area (Å²) in [6.07, 6.45) is 4.71. The third kappa shape index (κ3) is 3.99. The maximum absolute atomic E-state index is 12.7. The van der Waals surface area contributed by atoms with E-state index in [1.54, 1.807) is 7.11 Å². The highest BCUT2D eigenvalue weighted by Crippen LogP contribution is 2.31. The van der Waals surface area contributed by atoms with E-state index in [1.165, 1.54) is 5.56 Å². The van der Waals surface area contributed by atoms with Gasteiger partial charge in [-0.1, -0.05) is 24.6 Å². The topological polar surface area (TPSA) is 78.5 Å². The highest BCUT2D eigenvalue weighted by molar-refractivity contribution is 5.79. The van der Waals surface area contributed by atoms with E-state index in [1.807, 2.05) is 23.1 Å². The molecule has 164 valence electrons. The molecule has 2 aliphatic heterocycles. The summed E-state index contributed by atoms with van der Waals surface area (Å²) < 4.78 is 5.48. The van der Waals surface area contributed by atoms with Crippen LogP contribution in [-0.4, -0.2) is 52.4 Å². The number of hydrogen-bond donors (Lipinski definition) is 1. The van der Waals surface area contributed by atoms with Gasteiger partial charge in [-0.3, -0.25) is 14.5 Å². The lowest BCUT2D eigenvalue weighted by Gasteiger charge is -2.34. The number of methoxy groups -OCH3 is 1. The van der Waals surface area contributed by atoms with Gasteiger partial charge in [-0.15, -0.1) is 0 Å². The number of rotatable bonds is 5. The molecule has 0 radical (unpaired) electrons. The largest absolute Gasteiger partial charge is 0.496 e. The average Bonchev–Trinajstić information content (AvgIpc) is 3.21. The number of H-pyrrole nitrogens is 1. The number of ether oxygens (including phenoxy) is 1. The van der Waals surface area contributed by atoms with E-state index in [0.717, 1.165) is 68.1 Å². The van der Waals surface area contributed by atoms with Gasteiger partial charge < -0.3 is 14.6 Å². The molecule has 1 aromatic carbocycles. The molecular weight excluding hydrogens is 392 g/mol. The molecule has 7 nitrogen and oxygen atoms in total. The molecule has 1 amide bonds. The van der Waals surface area contributed by atoms with E-state index >= 15 is 0 Å². The molecule has 2 fully saturated rings. The van der Waals surface area contributed by atoms with Crippen molar-refractivity contribution in [2.75, 3.05) is 26.7 Å². The van der Waals surface area contributed by atoms with Crippen molar-refractivity contribution >= 4 is 5.91 Å². The first-order chi connectivity index (χ1) is 15.1. The number of para-hydroxylation sites is 1. The Morgan fingerprint density at radius 3 is 2.84 bits per heavy atom. The molecule has 3 heterocycles. The quantitative estimate of drug-likeness (QED) is 0.801. The lowest BCUT2D eigenvalue weighted by atomic mass is 9.84. The first-order valence-corrected chi connectivity index (χ1v) is 11.4. The predicted molar refractivity (Wildman–Crippen MR) is 117 cm³/mol. The second-order valence-electron chi connectivity index (χ2n) is 9.05. The van der Waals surface area contributed by atoms with Crippen LogP contribution in [0.2, 0.25) is 0 Å². The molecule has 1 saturated heterocycles. The number of likely N-dealkylation sites (tertiary alicyclic amines) is 1. The van der Waals surface area contributed by atoms with Crippen LogP contribution < -0.4 is 10.3 Å². The highest BCUT2D eigenvalue weighted by Gasteiger charge is 2.33. The van der Waals surface area contributed by atoms with Crippen LogP contribution in [0.4, 0.5) is 0 Å². The number of carbonyl (C=O) groups is 1. The van der Waals surface area contributed by atoms with Crippen LogP contribution in [0.5, 0.6) is 5.75 Å². The third-order valence-electron chi connectivity index (χ3n) is 7.10. The Morgan fingerprint density at radius 1 is 1.23 bits per heavy atom. The van der Waals surface area contributed by atoms with Crippen LogP contribution in [0.15, 0.2) is 29.1 Å². The number of benzene rings is 1. The van der Waals surface area contributed by atoms with Crippen LogP contribution in [0.1, 0.15) is 54.2 Å². The molecule has 1 N–H and O–H groups in total. The Balaban J connectivity index is 1.30. The Labute approximate surface area is 182 Å². The summed E-state index contributed by atoms with van der Waals surface area (Å²) in [5, 5.41) is 0. The molecule has 1 saturated carbocycles. The van der Waals surface area contributed by atoms with Gasteiger partial charge in [0.1, 0.15) is 11.6 Å². The summed E-state index contributed by atoms with van der Waals surface area (Å²) >= 11 is 0. The van der Waals surface area contributed by atoms with Gasteiger partial charge in [0.25, 0.3) is 5.56 Å². The van der Waals surface area contributed by atoms with Crippen molar-refractivity contribution in [1.29, 1.82) is 0 Å². The van der Waals surface area contributed by atoms with Crippen molar-refractivity contribution in [3.63, 3.8) is 0 Å². The average molecular weight is 423 g/mol. The molecule has 1 aromatic heterocycles. The smallest absolute Gasteiger partial charge is 0.254 e. The van der Waals surface area contributed by atoms with Crippen molar-refractivity contribution in [3.8, 4) is 5.75 Å². The molecule has 1 atom stereocenters. The summed E-state index contributed by atoms with van der Waals surface area (Å²) in [7, 11) is 1.70. The fourth-order valence-corrected chi connectivity index (χ4v) is 5.03. The van der Waals surface area contributed by atoms with Crippen molar-refractivity contribution in [2.45, 2.75) is 51.1 Å². The van der Waals surface area contributed by atoms with Crippen LogP contribution in [-0.2, 0) is 24.3 Å². The van der Waals surface area contributed by atoms with E-state index < -0.39 is 0 Å². The number of carbonyl (C=O) groups excluding carboxylic acids is 1. The van der Waals surface area contributed by atoms with E-state index in [0.29, 0.717) is 19.5 Å². The Kier molecular flexibility index (Phi) is 5.52. The number of nitrogens with zero attached hydrogens (tertiary/aromatic N) is 3. The second-order valence-corrected chi connectivity index (χ2v) is 9.05. The molecular formula is C24H30N4O3. The normalized spacial score (nSPS) is 21.6. The molecule has 2 aromatic rings. The zero-order valence-electron chi connectivity index (χ0n) is 18.1. The SMILES string of the molecule is COc1ccccc1CN1CC[C@@H](c2nc3c(c(=O)[nH]2)CCN(C(=O)C2CCC2)C3)C1. The zero-order valence-corrected chi connectivity index (χ0v) is 18.1. The molecule has 1 aliphatic carbocycles. The Morgan fingerprint density at radius 2 is 2.06 bits per heavy atom. The van der Waals surface area contributed by atoms with Crippen LogP contribution in [0.3, 0.4) is 0 Å². The zero-order chi connectivity index (χ0) is 21.4. The molecule has 5 rings (SSSR count). The Bertz CT molecular complexity index is 1030. The Hall–Kier alpha value is -2.67. The van der Waals surface area contributed by atoms with Gasteiger partial charge in [0, 0.05) is 42.6 Å². The number of nitrogens with one attached hydrogen (secondary N) is 1. The van der Waals surface area contributed by atoms with E-state index in [-0.39, 0.29) is 23.3 Å². The summed E-state index contributed by atoms with van der Waals surface area (Å²) in [5.74, 6) is 2.29. The second kappa shape index (κ2) is 8.46. The summed E-state index contributed by atoms with van der Waals surface area (Å²) in [6.45, 7) is 3.72. The standard InChI is InChI=1S/C24H30N4O3/c1-31-21-8-3-2-5-17(21)13-27-11-9-18(14-27)22-25-20-15-28(24(30)16-6-4-7-16)12-10-19(20)23(29)26-22/h2-3,5,8,16,18H,4,6-7,9-15H2,1H3,(H,25,26,29)/t18-/m1/s1. The van der Waals surface area contributed by atoms with Gasteiger partial charge >= 0.3 is 0 Å². The van der Waals surface area contributed by atoms with E-state index in [9.17, 15) is 9.59 Å². The summed E-state index contributed by atoms with van der Waals surface area (Å²) in [5.41, 5.74) is 2.69. The van der Waals surface area contributed by atoms with Crippen molar-refractivity contribution < 1.29 is 9.53 Å². The van der Waals surface area contributed by atoms with E-state index in [4.69, 9.17) is 9.72 Å². The van der Waals surface area contributed by atoms with Gasteiger partial charge in [0.05, 0.1) is 19.3 Å². The van der Waals surface area contributed by atoms with E-state index in [2.05, 4.69) is 16.0 Å². The van der Waals surface area contributed by atoms with Gasteiger partial charge in [-0.25, -0.2) is 4.98 Å². The lowest BCUT2D eigenvalue weighted by molar-refractivity contribution is -0.139. The molecule has 31 heavy (non-hydrogen) atoms. The van der Waals surface area contributed by atoms with Gasteiger partial charge in [0.2, 0.25) is 5.91 Å². The van der Waals surface area contributed by atoms with Crippen molar-refractivity contribution in [2.24, 2.45) is 5.92 Å². The molecule has 0 spiro atoms. The number of hydrogen-bond acceptors (Lipinski definition) is 5. The van der Waals surface area contributed by atoms with Crippen LogP contribution in [0.25, 0.3) is 0 Å². The molecule has 0 bridgehead atoms. The fraction of sp³-hybridized carbons (Fsp3) is 0.542. The maximum atomic E-state index is 12.7. The van der Waals surface area contributed by atoms with Crippen molar-refractivity contribution in [1.82, 2.24) is 19.8 Å². The van der Waals surface area contributed by atoms with Crippen LogP contribution >= 0.6 is 0 Å². The minimum Gasteiger partial charge on any atom is -0.496 e. The summed E-state index contributed by atoms with van der Waals surface area (Å²) in [4.78, 5) is 37.6. The summed E-state index contributed by atoms with van der Waals surface area (Å²) in [6, 6.07) is 8.10. The lowest BCUT2D eigenvalue weighted by Crippen LogP contribution is -2.43. The number of aromatic amines is 1. The number of fused-ring (bicyclic) bond motifs is 1. The predicted octanol–water partition coefficient (Wildman–Crippen LogP) is 2.45.